The van der Waals surface area contributed by atoms with Gasteiger partial charge in [-0.3, -0.25) is 0 Å². The van der Waals surface area contributed by atoms with Gasteiger partial charge in [-0.15, -0.1) is 0 Å². The third-order valence-electron chi connectivity index (χ3n) is 7.31. The highest BCUT2D eigenvalue weighted by atomic mass is 32.2. The summed E-state index contributed by atoms with van der Waals surface area (Å²) in [6, 6.07) is 18.7. The summed E-state index contributed by atoms with van der Waals surface area (Å²) < 4.78 is 45.6. The average Bonchev–Trinajstić information content (AvgIpc) is 3.61. The lowest BCUT2D eigenvalue weighted by atomic mass is 9.99. The highest BCUT2D eigenvalue weighted by Crippen LogP contribution is 2.42. The number of fused-ring (bicyclic) bond motifs is 2. The number of benzene rings is 3. The maximum Gasteiger partial charge on any atom is 0.269 e. The molecule has 0 spiro atoms. The summed E-state index contributed by atoms with van der Waals surface area (Å²) in [6.45, 7) is 2.81. The molecule has 9 heteroatoms. The van der Waals surface area contributed by atoms with Crippen molar-refractivity contribution in [2.45, 2.75) is 18.2 Å². The molecule has 3 heterocycles. The normalized spacial score (nSPS) is 12.7. The van der Waals surface area contributed by atoms with E-state index in [0.717, 1.165) is 46.5 Å². The predicted octanol–water partition coefficient (Wildman–Crippen LogP) is 5.91. The van der Waals surface area contributed by atoms with Crippen molar-refractivity contribution in [3.05, 3.63) is 84.2 Å². The Balaban J connectivity index is 1.59. The Morgan fingerprint density at radius 1 is 0.850 bits per heavy atom. The first-order valence-electron chi connectivity index (χ1n) is 12.8. The number of hydrogen-bond acceptors (Lipinski definition) is 7. The summed E-state index contributed by atoms with van der Waals surface area (Å²) in [7, 11) is 0.793. The first kappa shape index (κ1) is 25.8. The molecule has 0 saturated heterocycles. The van der Waals surface area contributed by atoms with E-state index in [0.29, 0.717) is 28.3 Å². The van der Waals surface area contributed by atoms with Gasteiger partial charge < -0.3 is 19.5 Å². The number of aromatic nitrogens is 2. The van der Waals surface area contributed by atoms with Gasteiger partial charge in [0.05, 0.1) is 26.2 Å². The molecule has 1 N–H and O–H groups in total. The number of rotatable bonds is 7. The highest BCUT2D eigenvalue weighted by Gasteiger charge is 2.24. The van der Waals surface area contributed by atoms with Crippen LogP contribution in [0.15, 0.2) is 78.0 Å². The molecule has 0 aliphatic carbocycles. The molecule has 3 aromatic carbocycles. The van der Waals surface area contributed by atoms with Gasteiger partial charge in [-0.25, -0.2) is 17.4 Å². The molecule has 8 nitrogen and oxygen atoms in total. The van der Waals surface area contributed by atoms with Gasteiger partial charge in [-0.2, -0.15) is 0 Å². The SMILES string of the molecule is COc1cc(-c2cnc3c(c2)c(-c2ccc4c(c2)CCN4)cn3S(=O)(=O)c2ccc(C)cc2)cc(OC)c1OC. The van der Waals surface area contributed by atoms with E-state index < -0.39 is 10.0 Å². The maximum atomic E-state index is 13.8. The van der Waals surface area contributed by atoms with Crippen LogP contribution in [-0.4, -0.2) is 45.2 Å². The van der Waals surface area contributed by atoms with E-state index in [9.17, 15) is 8.42 Å². The number of pyridine rings is 1. The van der Waals surface area contributed by atoms with Gasteiger partial charge >= 0.3 is 0 Å². The van der Waals surface area contributed by atoms with E-state index in [1.807, 2.05) is 37.3 Å². The van der Waals surface area contributed by atoms with Crippen molar-refractivity contribution in [1.29, 1.82) is 0 Å². The van der Waals surface area contributed by atoms with Crippen LogP contribution < -0.4 is 19.5 Å². The lowest BCUT2D eigenvalue weighted by molar-refractivity contribution is 0.324. The summed E-state index contributed by atoms with van der Waals surface area (Å²) in [5, 5.41) is 4.10. The van der Waals surface area contributed by atoms with E-state index in [4.69, 9.17) is 19.2 Å². The predicted molar refractivity (Wildman–Crippen MR) is 156 cm³/mol. The van der Waals surface area contributed by atoms with Crippen molar-refractivity contribution < 1.29 is 22.6 Å². The van der Waals surface area contributed by atoms with E-state index in [2.05, 4.69) is 11.4 Å². The van der Waals surface area contributed by atoms with E-state index in [1.165, 1.54) is 9.54 Å². The van der Waals surface area contributed by atoms with E-state index in [1.54, 1.807) is 58.0 Å². The second-order valence-corrected chi connectivity index (χ2v) is 11.5. The zero-order valence-corrected chi connectivity index (χ0v) is 23.5. The summed E-state index contributed by atoms with van der Waals surface area (Å²) in [5.74, 6) is 1.52. The first-order chi connectivity index (χ1) is 19.3. The molecule has 0 bridgehead atoms. The Morgan fingerprint density at radius 2 is 1.57 bits per heavy atom. The highest BCUT2D eigenvalue weighted by molar-refractivity contribution is 7.90. The quantitative estimate of drug-likeness (QED) is 0.267. The zero-order chi connectivity index (χ0) is 28.0. The van der Waals surface area contributed by atoms with Crippen LogP contribution in [0.4, 0.5) is 5.69 Å². The molecule has 0 amide bonds. The van der Waals surface area contributed by atoms with Gasteiger partial charge in [0.1, 0.15) is 0 Å². The number of aryl methyl sites for hydroxylation is 1. The fourth-order valence-electron chi connectivity index (χ4n) is 5.19. The van der Waals surface area contributed by atoms with Gasteiger partial charge in [-0.1, -0.05) is 23.8 Å². The zero-order valence-electron chi connectivity index (χ0n) is 22.7. The summed E-state index contributed by atoms with van der Waals surface area (Å²) in [6.07, 6.45) is 4.26. The molecule has 2 aromatic heterocycles. The number of nitrogens with one attached hydrogen (secondary N) is 1. The smallest absolute Gasteiger partial charge is 0.269 e. The summed E-state index contributed by atoms with van der Waals surface area (Å²) in [5.41, 5.74) is 6.92. The van der Waals surface area contributed by atoms with Crippen molar-refractivity contribution in [2.75, 3.05) is 33.2 Å². The number of anilines is 1. The lowest BCUT2D eigenvalue weighted by Crippen LogP contribution is -2.12. The van der Waals surface area contributed by atoms with Gasteiger partial charge in [0.25, 0.3) is 10.0 Å². The minimum atomic E-state index is -3.90. The second-order valence-electron chi connectivity index (χ2n) is 9.71. The Labute approximate surface area is 233 Å². The molecule has 0 fully saturated rings. The summed E-state index contributed by atoms with van der Waals surface area (Å²) in [4.78, 5) is 4.90. The topological polar surface area (TPSA) is 91.7 Å². The molecule has 6 rings (SSSR count). The third-order valence-corrected chi connectivity index (χ3v) is 8.98. The van der Waals surface area contributed by atoms with Crippen LogP contribution >= 0.6 is 0 Å². The molecule has 0 atom stereocenters. The van der Waals surface area contributed by atoms with E-state index >= 15 is 0 Å². The van der Waals surface area contributed by atoms with Crippen molar-refractivity contribution in [2.24, 2.45) is 0 Å². The molecule has 5 aromatic rings. The number of ether oxygens (including phenoxy) is 3. The fourth-order valence-corrected chi connectivity index (χ4v) is 6.52. The molecule has 1 aliphatic rings. The number of methoxy groups -OCH3 is 3. The van der Waals surface area contributed by atoms with Crippen LogP contribution in [0.25, 0.3) is 33.3 Å². The Kier molecular flexibility index (Phi) is 6.38. The molecular formula is C31H29N3O5S. The monoisotopic (exact) mass is 555 g/mol. The molecule has 0 unspecified atom stereocenters. The van der Waals surface area contributed by atoms with Crippen molar-refractivity contribution in [1.82, 2.24) is 8.96 Å². The second kappa shape index (κ2) is 9.91. The van der Waals surface area contributed by atoms with Gasteiger partial charge in [0.2, 0.25) is 5.75 Å². The largest absolute Gasteiger partial charge is 0.493 e. The molecule has 0 saturated carbocycles. The van der Waals surface area contributed by atoms with Crippen molar-refractivity contribution in [3.8, 4) is 39.5 Å². The van der Waals surface area contributed by atoms with Gasteiger partial charge in [0, 0.05) is 41.1 Å². The third kappa shape index (κ3) is 4.23. The Hall–Kier alpha value is -4.50. The molecule has 40 heavy (non-hydrogen) atoms. The minimum absolute atomic E-state index is 0.204. The molecule has 1 aliphatic heterocycles. The fraction of sp³-hybridized carbons (Fsp3) is 0.194. The Morgan fingerprint density at radius 3 is 2.25 bits per heavy atom. The number of hydrogen-bond donors (Lipinski definition) is 1. The summed E-state index contributed by atoms with van der Waals surface area (Å²) >= 11 is 0. The average molecular weight is 556 g/mol. The first-order valence-corrected chi connectivity index (χ1v) is 14.3. The lowest BCUT2D eigenvalue weighted by Gasteiger charge is -2.14. The molecule has 0 radical (unpaired) electrons. The molecular weight excluding hydrogens is 526 g/mol. The van der Waals surface area contributed by atoms with Crippen LogP contribution in [-0.2, 0) is 16.4 Å². The van der Waals surface area contributed by atoms with E-state index in [-0.39, 0.29) is 4.90 Å². The minimum Gasteiger partial charge on any atom is -0.493 e. The van der Waals surface area contributed by atoms with Gasteiger partial charge in [-0.05, 0) is 72.5 Å². The van der Waals surface area contributed by atoms with Crippen LogP contribution in [0, 0.1) is 6.92 Å². The van der Waals surface area contributed by atoms with Crippen molar-refractivity contribution in [3.63, 3.8) is 0 Å². The van der Waals surface area contributed by atoms with Gasteiger partial charge in [0.15, 0.2) is 17.1 Å². The van der Waals surface area contributed by atoms with Crippen LogP contribution in [0.3, 0.4) is 0 Å². The van der Waals surface area contributed by atoms with Crippen LogP contribution in [0.2, 0.25) is 0 Å². The standard InChI is InChI=1S/C31H29N3O5S/c1-19-5-8-24(9-6-19)40(35,36)34-18-26(20-7-10-27-21(13-20)11-12-32-27)25-14-23(17-33-31(25)34)22-15-28(37-2)30(39-4)29(16-22)38-3/h5-10,13-18,32H,11-12H2,1-4H3. The van der Waals surface area contributed by atoms with Crippen LogP contribution in [0.1, 0.15) is 11.1 Å². The molecule has 204 valence electrons. The number of nitrogens with zero attached hydrogens (tertiary/aromatic N) is 2. The Bertz CT molecular complexity index is 1840. The van der Waals surface area contributed by atoms with Crippen molar-refractivity contribution >= 4 is 26.7 Å². The maximum absolute atomic E-state index is 13.8. The van der Waals surface area contributed by atoms with Crippen LogP contribution in [0.5, 0.6) is 17.2 Å².